The van der Waals surface area contributed by atoms with Gasteiger partial charge in [-0.1, -0.05) is 12.1 Å². The van der Waals surface area contributed by atoms with Crippen molar-refractivity contribution >= 4 is 13.5 Å². The van der Waals surface area contributed by atoms with E-state index in [0.717, 1.165) is 22.3 Å². The van der Waals surface area contributed by atoms with Crippen LogP contribution in [0.2, 0.25) is 0 Å². The zero-order valence-electron chi connectivity index (χ0n) is 19.7. The van der Waals surface area contributed by atoms with Crippen molar-refractivity contribution in [3.05, 3.63) is 64.2 Å². The van der Waals surface area contributed by atoms with Gasteiger partial charge in [0.2, 0.25) is 0 Å². The molecule has 8 heteroatoms. The molecular formula is C24H34NO6P. The molecule has 0 aliphatic rings. The molecule has 0 unspecified atom stereocenters. The number of carbonyl (C=O) groups is 1. The standard InChI is InChI=1S/C24H34NO6P/c1-7-30-32(28,31-8-2)16-29-21-13-17(3)22(18(4)14-21)15-19-9-11-20(12-10-19)23(26)25-24(5,6)27/h9-14,27H,7-8,15-16H2,1-6H3,(H,25,26). The molecule has 0 fully saturated rings. The van der Waals surface area contributed by atoms with E-state index in [9.17, 15) is 14.5 Å². The fourth-order valence-electron chi connectivity index (χ4n) is 3.30. The summed E-state index contributed by atoms with van der Waals surface area (Å²) in [4.78, 5) is 12.2. The normalized spacial score (nSPS) is 12.0. The zero-order chi connectivity index (χ0) is 23.9. The van der Waals surface area contributed by atoms with Crippen LogP contribution >= 0.6 is 7.60 Å². The SMILES string of the molecule is CCOP(=O)(COc1cc(C)c(Cc2ccc(C(=O)NC(C)(C)O)cc2)c(C)c1)OCC. The third-order valence-electron chi connectivity index (χ3n) is 4.73. The Morgan fingerprint density at radius 2 is 1.56 bits per heavy atom. The third kappa shape index (κ3) is 7.75. The van der Waals surface area contributed by atoms with Crippen molar-refractivity contribution in [1.82, 2.24) is 5.32 Å². The van der Waals surface area contributed by atoms with E-state index in [2.05, 4.69) is 5.32 Å². The summed E-state index contributed by atoms with van der Waals surface area (Å²) in [5.74, 6) is 0.288. The van der Waals surface area contributed by atoms with Crippen molar-refractivity contribution in [3.63, 3.8) is 0 Å². The van der Waals surface area contributed by atoms with Gasteiger partial charge in [0.05, 0.1) is 13.2 Å². The van der Waals surface area contributed by atoms with Gasteiger partial charge in [-0.25, -0.2) is 0 Å². The van der Waals surface area contributed by atoms with Crippen molar-refractivity contribution in [1.29, 1.82) is 0 Å². The first-order valence-electron chi connectivity index (χ1n) is 10.7. The lowest BCUT2D eigenvalue weighted by molar-refractivity contribution is 0.0375. The lowest BCUT2D eigenvalue weighted by atomic mass is 9.95. The van der Waals surface area contributed by atoms with Crippen molar-refractivity contribution in [2.24, 2.45) is 0 Å². The Morgan fingerprint density at radius 1 is 1.03 bits per heavy atom. The van der Waals surface area contributed by atoms with Crippen molar-refractivity contribution < 1.29 is 28.3 Å². The molecule has 0 bridgehead atoms. The van der Waals surface area contributed by atoms with Crippen molar-refractivity contribution in [2.45, 2.75) is 53.7 Å². The minimum atomic E-state index is -3.28. The van der Waals surface area contributed by atoms with Gasteiger partial charge in [-0.05, 0) is 94.5 Å². The third-order valence-corrected chi connectivity index (χ3v) is 6.48. The van der Waals surface area contributed by atoms with Crippen LogP contribution in [0.3, 0.4) is 0 Å². The maximum atomic E-state index is 12.6. The number of rotatable bonds is 11. The number of hydrogen-bond acceptors (Lipinski definition) is 6. The molecule has 176 valence electrons. The number of aryl methyl sites for hydroxylation is 2. The molecule has 0 heterocycles. The van der Waals surface area contributed by atoms with Gasteiger partial charge < -0.3 is 24.2 Å². The van der Waals surface area contributed by atoms with Gasteiger partial charge in [0.25, 0.3) is 5.91 Å². The van der Waals surface area contributed by atoms with E-state index in [-0.39, 0.29) is 25.5 Å². The molecule has 0 aromatic heterocycles. The van der Waals surface area contributed by atoms with E-state index in [0.29, 0.717) is 17.7 Å². The summed E-state index contributed by atoms with van der Waals surface area (Å²) >= 11 is 0. The molecule has 2 N–H and O–H groups in total. The van der Waals surface area contributed by atoms with Crippen LogP contribution in [0.25, 0.3) is 0 Å². The maximum Gasteiger partial charge on any atom is 0.367 e. The number of benzene rings is 2. The van der Waals surface area contributed by atoms with E-state index in [1.54, 1.807) is 26.0 Å². The predicted octanol–water partition coefficient (Wildman–Crippen LogP) is 4.95. The van der Waals surface area contributed by atoms with E-state index in [1.165, 1.54) is 13.8 Å². The van der Waals surface area contributed by atoms with Gasteiger partial charge in [-0.2, -0.15) is 0 Å². The highest BCUT2D eigenvalue weighted by molar-refractivity contribution is 7.53. The molecule has 7 nitrogen and oxygen atoms in total. The van der Waals surface area contributed by atoms with Crippen LogP contribution < -0.4 is 10.1 Å². The molecule has 0 aliphatic carbocycles. The Morgan fingerprint density at radius 3 is 2.03 bits per heavy atom. The van der Waals surface area contributed by atoms with Gasteiger partial charge >= 0.3 is 7.60 Å². The van der Waals surface area contributed by atoms with Crippen LogP contribution in [0.1, 0.15) is 60.3 Å². The summed E-state index contributed by atoms with van der Waals surface area (Å²) in [5.41, 5.74) is 3.53. The number of aliphatic hydroxyl groups is 1. The van der Waals surface area contributed by atoms with E-state index < -0.39 is 13.3 Å². The van der Waals surface area contributed by atoms with Crippen LogP contribution in [0.5, 0.6) is 5.75 Å². The smallest absolute Gasteiger partial charge is 0.367 e. The van der Waals surface area contributed by atoms with Crippen molar-refractivity contribution in [2.75, 3.05) is 19.6 Å². The second-order valence-electron chi connectivity index (χ2n) is 8.14. The highest BCUT2D eigenvalue weighted by Crippen LogP contribution is 2.48. The lowest BCUT2D eigenvalue weighted by Crippen LogP contribution is -2.43. The fraction of sp³-hybridized carbons (Fsp3) is 0.458. The zero-order valence-corrected chi connectivity index (χ0v) is 20.6. The van der Waals surface area contributed by atoms with Crippen molar-refractivity contribution in [3.8, 4) is 5.75 Å². The first-order chi connectivity index (χ1) is 15.0. The summed E-state index contributed by atoms with van der Waals surface area (Å²) in [6.07, 6.45) is 0.558. The molecule has 2 aromatic rings. The molecule has 1 amide bonds. The summed E-state index contributed by atoms with van der Waals surface area (Å²) in [6.45, 7) is 11.2. The van der Waals surface area contributed by atoms with Gasteiger partial charge in [0.15, 0.2) is 6.35 Å². The van der Waals surface area contributed by atoms with Crippen LogP contribution in [0.4, 0.5) is 0 Å². The Bertz CT molecular complexity index is 932. The Balaban J connectivity index is 2.10. The Hall–Kier alpha value is -2.18. The largest absolute Gasteiger partial charge is 0.481 e. The molecular weight excluding hydrogens is 429 g/mol. The van der Waals surface area contributed by atoms with Crippen LogP contribution in [0.15, 0.2) is 36.4 Å². The second-order valence-corrected chi connectivity index (χ2v) is 10.1. The Labute approximate surface area is 190 Å². The first kappa shape index (κ1) is 26.1. The monoisotopic (exact) mass is 463 g/mol. The van der Waals surface area contributed by atoms with Crippen LogP contribution in [-0.2, 0) is 20.0 Å². The molecule has 0 atom stereocenters. The molecule has 0 aliphatic heterocycles. The Kier molecular flexibility index (Phi) is 9.05. The number of carbonyl (C=O) groups excluding carboxylic acids is 1. The highest BCUT2D eigenvalue weighted by atomic mass is 31.2. The summed E-state index contributed by atoms with van der Waals surface area (Å²) in [6, 6.07) is 11.1. The number of ether oxygens (including phenoxy) is 1. The lowest BCUT2D eigenvalue weighted by Gasteiger charge is -2.19. The second kappa shape index (κ2) is 11.1. The van der Waals surface area contributed by atoms with E-state index >= 15 is 0 Å². The molecule has 2 rings (SSSR count). The van der Waals surface area contributed by atoms with Gasteiger partial charge in [0.1, 0.15) is 11.5 Å². The highest BCUT2D eigenvalue weighted by Gasteiger charge is 2.25. The summed E-state index contributed by atoms with van der Waals surface area (Å²) < 4.78 is 28.9. The minimum Gasteiger partial charge on any atom is -0.481 e. The molecule has 2 aromatic carbocycles. The quantitative estimate of drug-likeness (QED) is 0.362. The molecule has 0 saturated carbocycles. The predicted molar refractivity (Wildman–Crippen MR) is 125 cm³/mol. The fourth-order valence-corrected chi connectivity index (χ4v) is 4.62. The first-order valence-corrected chi connectivity index (χ1v) is 12.4. The molecule has 0 saturated heterocycles. The number of nitrogens with one attached hydrogen (secondary N) is 1. The maximum absolute atomic E-state index is 12.6. The average molecular weight is 464 g/mol. The number of amides is 1. The molecule has 32 heavy (non-hydrogen) atoms. The van der Waals surface area contributed by atoms with E-state index in [1.807, 2.05) is 38.1 Å². The molecule has 0 radical (unpaired) electrons. The van der Waals surface area contributed by atoms with Crippen LogP contribution in [-0.4, -0.2) is 36.3 Å². The molecule has 0 spiro atoms. The average Bonchev–Trinajstić information content (AvgIpc) is 2.69. The van der Waals surface area contributed by atoms with Crippen LogP contribution in [0, 0.1) is 13.8 Å². The van der Waals surface area contributed by atoms with E-state index in [4.69, 9.17) is 13.8 Å². The minimum absolute atomic E-state index is 0.138. The van der Waals surface area contributed by atoms with Gasteiger partial charge in [-0.3, -0.25) is 9.36 Å². The van der Waals surface area contributed by atoms with Gasteiger partial charge in [-0.15, -0.1) is 0 Å². The summed E-state index contributed by atoms with van der Waals surface area (Å²) in [7, 11) is -3.28. The van der Waals surface area contributed by atoms with Gasteiger partial charge in [0, 0.05) is 5.56 Å². The summed E-state index contributed by atoms with van der Waals surface area (Å²) in [5, 5.41) is 12.3. The number of hydrogen-bond donors (Lipinski definition) is 2. The topological polar surface area (TPSA) is 94.1 Å².